The van der Waals surface area contributed by atoms with Gasteiger partial charge < -0.3 is 10.6 Å². The number of benzene rings is 3. The van der Waals surface area contributed by atoms with E-state index in [2.05, 4.69) is 78.2 Å². The smallest absolute Gasteiger partial charge is 0.171 e. The minimum Gasteiger partial charge on any atom is -0.356 e. The van der Waals surface area contributed by atoms with Crippen molar-refractivity contribution in [1.29, 1.82) is 0 Å². The number of anilines is 1. The minimum absolute atomic E-state index is 0.165. The van der Waals surface area contributed by atoms with Crippen molar-refractivity contribution in [3.63, 3.8) is 0 Å². The van der Waals surface area contributed by atoms with Crippen molar-refractivity contribution in [2.75, 3.05) is 5.32 Å². The van der Waals surface area contributed by atoms with E-state index in [1.807, 2.05) is 36.0 Å². The van der Waals surface area contributed by atoms with Gasteiger partial charge in [-0.3, -0.25) is 0 Å². The molecule has 0 spiro atoms. The molecule has 132 valence electrons. The zero-order chi connectivity index (χ0) is 18.2. The van der Waals surface area contributed by atoms with Crippen LogP contribution in [0, 0.1) is 0 Å². The second-order valence-corrected chi connectivity index (χ2v) is 7.49. The number of rotatable bonds is 6. The Morgan fingerprint density at radius 2 is 1.50 bits per heavy atom. The van der Waals surface area contributed by atoms with Gasteiger partial charge in [0.15, 0.2) is 5.11 Å². The zero-order valence-electron chi connectivity index (χ0n) is 14.7. The fourth-order valence-corrected chi connectivity index (χ4v) is 3.73. The van der Waals surface area contributed by atoms with Gasteiger partial charge in [0, 0.05) is 16.3 Å². The van der Waals surface area contributed by atoms with E-state index in [0.29, 0.717) is 5.11 Å². The summed E-state index contributed by atoms with van der Waals surface area (Å²) < 4.78 is 0. The van der Waals surface area contributed by atoms with E-state index in [9.17, 15) is 0 Å². The van der Waals surface area contributed by atoms with E-state index in [0.717, 1.165) is 11.4 Å². The first-order valence-corrected chi connectivity index (χ1v) is 9.99. The Morgan fingerprint density at radius 1 is 0.885 bits per heavy atom. The molecule has 0 aromatic heterocycles. The van der Waals surface area contributed by atoms with Crippen molar-refractivity contribution in [2.45, 2.75) is 23.6 Å². The molecule has 3 aromatic carbocycles. The van der Waals surface area contributed by atoms with Crippen molar-refractivity contribution in [1.82, 2.24) is 5.32 Å². The molecule has 0 unspecified atom stereocenters. The summed E-state index contributed by atoms with van der Waals surface area (Å²) in [6, 6.07) is 29.3. The van der Waals surface area contributed by atoms with Crippen LogP contribution in [-0.4, -0.2) is 5.11 Å². The number of thiocarbonyl (C=S) groups is 1. The maximum absolute atomic E-state index is 5.43. The SMILES string of the molecule is C[C@@H](NC(=S)Nc1ccc(CSc2ccccc2)cc1)c1ccccc1. The van der Waals surface area contributed by atoms with Gasteiger partial charge in [-0.1, -0.05) is 60.7 Å². The molecule has 0 aliphatic heterocycles. The molecule has 0 aliphatic rings. The monoisotopic (exact) mass is 378 g/mol. The van der Waals surface area contributed by atoms with Gasteiger partial charge in [-0.15, -0.1) is 11.8 Å². The van der Waals surface area contributed by atoms with Gasteiger partial charge in [0.05, 0.1) is 6.04 Å². The first kappa shape index (κ1) is 18.5. The van der Waals surface area contributed by atoms with Gasteiger partial charge in [0.25, 0.3) is 0 Å². The molecule has 26 heavy (non-hydrogen) atoms. The summed E-state index contributed by atoms with van der Waals surface area (Å²) >= 11 is 7.27. The molecule has 0 saturated carbocycles. The molecule has 3 rings (SSSR count). The lowest BCUT2D eigenvalue weighted by atomic mass is 10.1. The Bertz CT molecular complexity index is 818. The van der Waals surface area contributed by atoms with Crippen LogP contribution in [0.5, 0.6) is 0 Å². The quantitative estimate of drug-likeness (QED) is 0.404. The van der Waals surface area contributed by atoms with Crippen LogP contribution < -0.4 is 10.6 Å². The van der Waals surface area contributed by atoms with Crippen LogP contribution in [0.25, 0.3) is 0 Å². The average molecular weight is 379 g/mol. The van der Waals surface area contributed by atoms with Gasteiger partial charge in [-0.25, -0.2) is 0 Å². The van der Waals surface area contributed by atoms with E-state index in [1.165, 1.54) is 16.0 Å². The predicted molar refractivity (Wildman–Crippen MR) is 117 cm³/mol. The molecule has 0 bridgehead atoms. The molecule has 0 aliphatic carbocycles. The molecule has 0 heterocycles. The molecule has 0 saturated heterocycles. The van der Waals surface area contributed by atoms with E-state index in [1.54, 1.807) is 0 Å². The number of nitrogens with one attached hydrogen (secondary N) is 2. The van der Waals surface area contributed by atoms with Crippen molar-refractivity contribution >= 4 is 34.8 Å². The summed E-state index contributed by atoms with van der Waals surface area (Å²) in [5.74, 6) is 0.956. The summed E-state index contributed by atoms with van der Waals surface area (Å²) in [4.78, 5) is 1.29. The minimum atomic E-state index is 0.165. The molecular formula is C22H22N2S2. The third-order valence-corrected chi connectivity index (χ3v) is 5.31. The van der Waals surface area contributed by atoms with E-state index >= 15 is 0 Å². The molecule has 3 aromatic rings. The summed E-state index contributed by atoms with van der Waals surface area (Å²) in [5.41, 5.74) is 3.50. The first-order chi connectivity index (χ1) is 12.7. The molecule has 0 amide bonds. The fourth-order valence-electron chi connectivity index (χ4n) is 2.56. The first-order valence-electron chi connectivity index (χ1n) is 8.60. The second-order valence-electron chi connectivity index (χ2n) is 6.03. The zero-order valence-corrected chi connectivity index (χ0v) is 16.3. The highest BCUT2D eigenvalue weighted by Gasteiger charge is 2.06. The average Bonchev–Trinajstić information content (AvgIpc) is 2.69. The van der Waals surface area contributed by atoms with Crippen molar-refractivity contribution in [3.8, 4) is 0 Å². The van der Waals surface area contributed by atoms with Gasteiger partial charge in [-0.2, -0.15) is 0 Å². The topological polar surface area (TPSA) is 24.1 Å². The number of hydrogen-bond donors (Lipinski definition) is 2. The van der Waals surface area contributed by atoms with Crippen molar-refractivity contribution in [2.24, 2.45) is 0 Å². The van der Waals surface area contributed by atoms with E-state index < -0.39 is 0 Å². The molecule has 1 atom stereocenters. The molecule has 0 radical (unpaired) electrons. The third kappa shape index (κ3) is 5.61. The normalized spacial score (nSPS) is 11.6. The van der Waals surface area contributed by atoms with Crippen LogP contribution in [0.3, 0.4) is 0 Å². The summed E-state index contributed by atoms with van der Waals surface area (Å²) in [6.45, 7) is 2.10. The van der Waals surface area contributed by atoms with Crippen molar-refractivity contribution < 1.29 is 0 Å². The van der Waals surface area contributed by atoms with Crippen LogP contribution in [0.2, 0.25) is 0 Å². The summed E-state index contributed by atoms with van der Waals surface area (Å²) in [5, 5.41) is 7.21. The van der Waals surface area contributed by atoms with Gasteiger partial charge in [-0.05, 0) is 54.5 Å². The highest BCUT2D eigenvalue weighted by atomic mass is 32.2. The second kappa shape index (κ2) is 9.41. The van der Waals surface area contributed by atoms with Gasteiger partial charge >= 0.3 is 0 Å². The van der Waals surface area contributed by atoms with Crippen LogP contribution in [0.4, 0.5) is 5.69 Å². The maximum Gasteiger partial charge on any atom is 0.171 e. The predicted octanol–water partition coefficient (Wildman–Crippen LogP) is 6.03. The van der Waals surface area contributed by atoms with Crippen LogP contribution in [0.1, 0.15) is 24.1 Å². The maximum atomic E-state index is 5.43. The standard InChI is InChI=1S/C22H22N2S2/c1-17(19-8-4-2-5-9-19)23-22(25)24-20-14-12-18(13-15-20)16-26-21-10-6-3-7-11-21/h2-15,17H,16H2,1H3,(H2,23,24,25)/t17-/m1/s1. The molecule has 0 fully saturated rings. The Balaban J connectivity index is 1.50. The molecule has 2 nitrogen and oxygen atoms in total. The lowest BCUT2D eigenvalue weighted by Crippen LogP contribution is -2.30. The summed E-state index contributed by atoms with van der Waals surface area (Å²) in [6.07, 6.45) is 0. The summed E-state index contributed by atoms with van der Waals surface area (Å²) in [7, 11) is 0. The molecule has 4 heteroatoms. The molecule has 2 N–H and O–H groups in total. The Morgan fingerprint density at radius 3 is 2.15 bits per heavy atom. The highest BCUT2D eigenvalue weighted by molar-refractivity contribution is 7.98. The van der Waals surface area contributed by atoms with Crippen LogP contribution in [-0.2, 0) is 5.75 Å². The van der Waals surface area contributed by atoms with Crippen LogP contribution >= 0.6 is 24.0 Å². The molecular weight excluding hydrogens is 356 g/mol. The third-order valence-electron chi connectivity index (χ3n) is 4.01. The van der Waals surface area contributed by atoms with E-state index in [-0.39, 0.29) is 6.04 Å². The van der Waals surface area contributed by atoms with E-state index in [4.69, 9.17) is 12.2 Å². The number of thioether (sulfide) groups is 1. The Labute approximate surface area is 165 Å². The Kier molecular flexibility index (Phi) is 6.69. The largest absolute Gasteiger partial charge is 0.356 e. The van der Waals surface area contributed by atoms with Crippen LogP contribution in [0.15, 0.2) is 89.8 Å². The number of hydrogen-bond acceptors (Lipinski definition) is 2. The lowest BCUT2D eigenvalue weighted by molar-refractivity contribution is 0.722. The van der Waals surface area contributed by atoms with Gasteiger partial charge in [0.1, 0.15) is 0 Å². The van der Waals surface area contributed by atoms with Gasteiger partial charge in [0.2, 0.25) is 0 Å². The fraction of sp³-hybridized carbons (Fsp3) is 0.136. The highest BCUT2D eigenvalue weighted by Crippen LogP contribution is 2.23. The lowest BCUT2D eigenvalue weighted by Gasteiger charge is -2.17. The Hall–Kier alpha value is -2.30. The van der Waals surface area contributed by atoms with Crippen molar-refractivity contribution in [3.05, 3.63) is 96.1 Å².